The summed E-state index contributed by atoms with van der Waals surface area (Å²) in [5.41, 5.74) is 0. The molecule has 0 aliphatic rings. The molecule has 0 amide bonds. The summed E-state index contributed by atoms with van der Waals surface area (Å²) in [7, 11) is 0. The van der Waals surface area contributed by atoms with Crippen LogP contribution in [0.1, 0.15) is 19.8 Å². The number of aliphatic hydroxyl groups is 1. The van der Waals surface area contributed by atoms with Crippen LogP contribution in [0.3, 0.4) is 0 Å². The second kappa shape index (κ2) is 11.7. The smallest absolute Gasteiger partial charge is 0.303 e. The second-order valence-corrected chi connectivity index (χ2v) is 2.31. The van der Waals surface area contributed by atoms with Crippen LogP contribution >= 0.6 is 15.9 Å². The molecule has 0 atom stereocenters. The van der Waals surface area contributed by atoms with Crippen LogP contribution in [0, 0.1) is 0 Å². The van der Waals surface area contributed by atoms with Crippen molar-refractivity contribution in [3.63, 3.8) is 0 Å². The van der Waals surface area contributed by atoms with Gasteiger partial charge in [0.25, 0.3) is 0 Å². The number of halogens is 1. The summed E-state index contributed by atoms with van der Waals surface area (Å²) in [4.78, 5) is 9.37. The Kier molecular flexibility index (Phi) is 14.7. The molecule has 0 aromatic rings. The Balaban J connectivity index is 0. The van der Waals surface area contributed by atoms with Gasteiger partial charge in [-0.25, -0.2) is 0 Å². The van der Waals surface area contributed by atoms with Gasteiger partial charge >= 0.3 is 5.97 Å². The maximum Gasteiger partial charge on any atom is 0.303 e. The number of hydrogen-bond acceptors (Lipinski definition) is 2. The Morgan fingerprint density at radius 3 is 2.00 bits per heavy atom. The standard InChI is InChI=1S/C3H7BrO.C3H6O2/c4-2-1-3-5;1-2-3(4)5/h5H,1-3H2;2H2,1H3,(H,4,5). The summed E-state index contributed by atoms with van der Waals surface area (Å²) in [5.74, 6) is -0.745. The molecule has 0 saturated carbocycles. The van der Waals surface area contributed by atoms with Crippen LogP contribution in [-0.2, 0) is 4.79 Å². The lowest BCUT2D eigenvalue weighted by molar-refractivity contribution is -0.136. The van der Waals surface area contributed by atoms with E-state index < -0.39 is 5.97 Å². The maximum absolute atomic E-state index is 9.37. The first-order valence-corrected chi connectivity index (χ1v) is 4.19. The summed E-state index contributed by atoms with van der Waals surface area (Å²) < 4.78 is 0. The average molecular weight is 213 g/mol. The van der Waals surface area contributed by atoms with E-state index >= 15 is 0 Å². The SMILES string of the molecule is CCC(=O)O.OCCCBr. The summed E-state index contributed by atoms with van der Waals surface area (Å²) in [6.45, 7) is 1.90. The Morgan fingerprint density at radius 1 is 1.60 bits per heavy atom. The van der Waals surface area contributed by atoms with Crippen LogP contribution in [0.25, 0.3) is 0 Å². The van der Waals surface area contributed by atoms with Gasteiger partial charge in [-0.1, -0.05) is 22.9 Å². The number of hydrogen-bond donors (Lipinski definition) is 2. The van der Waals surface area contributed by atoms with Crippen molar-refractivity contribution >= 4 is 21.9 Å². The van der Waals surface area contributed by atoms with Crippen molar-refractivity contribution in [3.05, 3.63) is 0 Å². The van der Waals surface area contributed by atoms with Crippen LogP contribution in [0.4, 0.5) is 0 Å². The quantitative estimate of drug-likeness (QED) is 0.693. The van der Waals surface area contributed by atoms with E-state index in [4.69, 9.17) is 10.2 Å². The molecule has 0 saturated heterocycles. The number of carboxylic acids is 1. The monoisotopic (exact) mass is 212 g/mol. The molecule has 62 valence electrons. The topological polar surface area (TPSA) is 57.5 Å². The molecule has 2 N–H and O–H groups in total. The van der Waals surface area contributed by atoms with Crippen molar-refractivity contribution in [3.8, 4) is 0 Å². The fourth-order valence-electron chi connectivity index (χ4n) is 0.0598. The molecule has 4 heteroatoms. The molecule has 0 bridgehead atoms. The highest BCUT2D eigenvalue weighted by molar-refractivity contribution is 9.09. The predicted octanol–water partition coefficient (Wildman–Crippen LogP) is 1.24. The van der Waals surface area contributed by atoms with E-state index in [0.717, 1.165) is 11.8 Å². The van der Waals surface area contributed by atoms with Gasteiger partial charge in [0.05, 0.1) is 0 Å². The predicted molar refractivity (Wildman–Crippen MR) is 43.4 cm³/mol. The maximum atomic E-state index is 9.37. The minimum absolute atomic E-state index is 0.222. The fourth-order valence-corrected chi connectivity index (χ4v) is 0.311. The minimum atomic E-state index is -0.745. The van der Waals surface area contributed by atoms with Crippen LogP contribution < -0.4 is 0 Å². The molecule has 0 spiro atoms. The van der Waals surface area contributed by atoms with Crippen LogP contribution in [-0.4, -0.2) is 28.1 Å². The van der Waals surface area contributed by atoms with Crippen molar-refractivity contribution in [2.45, 2.75) is 19.8 Å². The number of carbonyl (C=O) groups is 1. The van der Waals surface area contributed by atoms with Gasteiger partial charge in [-0.15, -0.1) is 0 Å². The first kappa shape index (κ1) is 12.6. The van der Waals surface area contributed by atoms with Gasteiger partial charge in [0.1, 0.15) is 0 Å². The van der Waals surface area contributed by atoms with E-state index in [1.807, 2.05) is 0 Å². The van der Waals surface area contributed by atoms with E-state index in [2.05, 4.69) is 15.9 Å². The summed E-state index contributed by atoms with van der Waals surface area (Å²) in [6.07, 6.45) is 1.08. The minimum Gasteiger partial charge on any atom is -0.481 e. The van der Waals surface area contributed by atoms with E-state index in [-0.39, 0.29) is 6.42 Å². The van der Waals surface area contributed by atoms with Gasteiger partial charge < -0.3 is 10.2 Å². The van der Waals surface area contributed by atoms with Crippen molar-refractivity contribution in [2.24, 2.45) is 0 Å². The highest BCUT2D eigenvalue weighted by Gasteiger charge is 1.80. The molecule has 0 fully saturated rings. The third kappa shape index (κ3) is 24.7. The van der Waals surface area contributed by atoms with Crippen LogP contribution in [0.15, 0.2) is 0 Å². The normalized spacial score (nSPS) is 7.90. The first-order chi connectivity index (χ1) is 4.68. The van der Waals surface area contributed by atoms with Crippen molar-refractivity contribution in [2.75, 3.05) is 11.9 Å². The Hall–Kier alpha value is -0.0900. The van der Waals surface area contributed by atoms with Gasteiger partial charge in [0.2, 0.25) is 0 Å². The lowest BCUT2D eigenvalue weighted by atomic mass is 10.5. The lowest BCUT2D eigenvalue weighted by Gasteiger charge is -1.78. The molecular weight excluding hydrogens is 200 g/mol. The Labute approximate surface area is 69.2 Å². The molecule has 10 heavy (non-hydrogen) atoms. The second-order valence-electron chi connectivity index (χ2n) is 1.51. The summed E-state index contributed by atoms with van der Waals surface area (Å²) in [6, 6.07) is 0. The van der Waals surface area contributed by atoms with Crippen LogP contribution in [0.5, 0.6) is 0 Å². The molecule has 0 aliphatic carbocycles. The van der Waals surface area contributed by atoms with E-state index in [1.54, 1.807) is 6.92 Å². The van der Waals surface area contributed by atoms with Crippen molar-refractivity contribution in [1.29, 1.82) is 0 Å². The van der Waals surface area contributed by atoms with Gasteiger partial charge in [0, 0.05) is 18.4 Å². The largest absolute Gasteiger partial charge is 0.481 e. The number of aliphatic carboxylic acids is 1. The zero-order valence-corrected chi connectivity index (χ0v) is 7.60. The molecule has 0 unspecified atom stereocenters. The molecule has 0 aromatic heterocycles. The van der Waals surface area contributed by atoms with Gasteiger partial charge in [-0.05, 0) is 6.42 Å². The van der Waals surface area contributed by atoms with Gasteiger partial charge in [-0.3, -0.25) is 4.79 Å². The molecular formula is C6H13BrO3. The molecule has 0 rings (SSSR count). The van der Waals surface area contributed by atoms with Gasteiger partial charge in [0.15, 0.2) is 0 Å². The van der Waals surface area contributed by atoms with Crippen molar-refractivity contribution in [1.82, 2.24) is 0 Å². The third-order valence-corrected chi connectivity index (χ3v) is 1.15. The molecule has 0 aromatic carbocycles. The average Bonchev–Trinajstić information content (AvgIpc) is 1.91. The summed E-state index contributed by atoms with van der Waals surface area (Å²) >= 11 is 3.15. The van der Waals surface area contributed by atoms with E-state index in [9.17, 15) is 4.79 Å². The molecule has 0 heterocycles. The van der Waals surface area contributed by atoms with E-state index in [0.29, 0.717) is 6.61 Å². The number of carboxylic acid groups (broad SMARTS) is 1. The first-order valence-electron chi connectivity index (χ1n) is 3.07. The number of aliphatic hydroxyl groups excluding tert-OH is 1. The fraction of sp³-hybridized carbons (Fsp3) is 0.833. The molecule has 0 aliphatic heterocycles. The highest BCUT2D eigenvalue weighted by atomic mass is 79.9. The van der Waals surface area contributed by atoms with Crippen LogP contribution in [0.2, 0.25) is 0 Å². The third-order valence-electron chi connectivity index (χ3n) is 0.594. The van der Waals surface area contributed by atoms with Crippen molar-refractivity contribution < 1.29 is 15.0 Å². The molecule has 0 radical (unpaired) electrons. The summed E-state index contributed by atoms with van der Waals surface area (Å²) in [5, 5.41) is 16.7. The zero-order valence-electron chi connectivity index (χ0n) is 6.01. The van der Waals surface area contributed by atoms with Gasteiger partial charge in [-0.2, -0.15) is 0 Å². The zero-order chi connectivity index (χ0) is 8.41. The Morgan fingerprint density at radius 2 is 2.00 bits per heavy atom. The number of rotatable bonds is 3. The number of alkyl halides is 1. The lowest BCUT2D eigenvalue weighted by Crippen LogP contribution is -1.86. The highest BCUT2D eigenvalue weighted by Crippen LogP contribution is 1.81. The van der Waals surface area contributed by atoms with E-state index in [1.165, 1.54) is 0 Å². The Bertz CT molecular complexity index is 73.4. The molecule has 3 nitrogen and oxygen atoms in total.